The number of hydrogen-bond donors (Lipinski definition) is 0. The van der Waals surface area contributed by atoms with Gasteiger partial charge in [-0.2, -0.15) is 0 Å². The van der Waals surface area contributed by atoms with Crippen LogP contribution in [0, 0.1) is 12.3 Å². The van der Waals surface area contributed by atoms with Crippen LogP contribution in [0.3, 0.4) is 0 Å². The van der Waals surface area contributed by atoms with Gasteiger partial charge in [-0.15, -0.1) is 6.42 Å². The Morgan fingerprint density at radius 3 is 3.18 bits per heavy atom. The van der Waals surface area contributed by atoms with Gasteiger partial charge in [0.2, 0.25) is 0 Å². The van der Waals surface area contributed by atoms with Gasteiger partial charge >= 0.3 is 0 Å². The lowest BCUT2D eigenvalue weighted by atomic mass is 10.2. The summed E-state index contributed by atoms with van der Waals surface area (Å²) in [5.41, 5.74) is 0. The molecule has 2 nitrogen and oxygen atoms in total. The van der Waals surface area contributed by atoms with E-state index in [9.17, 15) is 0 Å². The van der Waals surface area contributed by atoms with Crippen LogP contribution in [0.2, 0.25) is 0 Å². The molecule has 1 fully saturated rings. The van der Waals surface area contributed by atoms with E-state index < -0.39 is 0 Å². The van der Waals surface area contributed by atoms with Crippen LogP contribution in [-0.4, -0.2) is 24.3 Å². The van der Waals surface area contributed by atoms with Gasteiger partial charge in [0.05, 0.1) is 4.83 Å². The molecule has 0 bridgehead atoms. The maximum atomic E-state index is 5.33. The zero-order chi connectivity index (χ0) is 8.10. The normalized spacial score (nSPS) is 31.3. The average molecular weight is 219 g/mol. The predicted octanol–water partition coefficient (Wildman–Crippen LogP) is 1.54. The molecule has 1 aliphatic rings. The molecular formula is C8H11BrO2. The highest BCUT2D eigenvalue weighted by Crippen LogP contribution is 2.21. The highest BCUT2D eigenvalue weighted by Gasteiger charge is 2.23. The summed E-state index contributed by atoms with van der Waals surface area (Å²) in [7, 11) is 0. The minimum atomic E-state index is -0.153. The lowest BCUT2D eigenvalue weighted by molar-refractivity contribution is -0.148. The van der Waals surface area contributed by atoms with Crippen LogP contribution in [0.25, 0.3) is 0 Å². The first-order valence-corrected chi connectivity index (χ1v) is 4.57. The Hall–Kier alpha value is -0.0400. The fourth-order valence-electron chi connectivity index (χ4n) is 1.00. The average Bonchev–Trinajstić information content (AvgIpc) is 2.03. The largest absolute Gasteiger partial charge is 0.351 e. The van der Waals surface area contributed by atoms with Crippen molar-refractivity contribution >= 4 is 15.9 Å². The van der Waals surface area contributed by atoms with E-state index in [1.165, 1.54) is 0 Å². The molecule has 11 heavy (non-hydrogen) atoms. The summed E-state index contributed by atoms with van der Waals surface area (Å²) in [6.07, 6.45) is 7.07. The fourth-order valence-corrected chi connectivity index (χ4v) is 1.63. The van der Waals surface area contributed by atoms with Gasteiger partial charge < -0.3 is 9.47 Å². The van der Waals surface area contributed by atoms with E-state index in [4.69, 9.17) is 15.9 Å². The Morgan fingerprint density at radius 2 is 2.55 bits per heavy atom. The maximum Gasteiger partial charge on any atom is 0.171 e. The van der Waals surface area contributed by atoms with Crippen LogP contribution in [0.5, 0.6) is 0 Å². The second-order valence-electron chi connectivity index (χ2n) is 2.41. The molecule has 0 amide bonds. The van der Waals surface area contributed by atoms with Crippen molar-refractivity contribution in [3.05, 3.63) is 0 Å². The highest BCUT2D eigenvalue weighted by atomic mass is 79.9. The van der Waals surface area contributed by atoms with Crippen molar-refractivity contribution < 1.29 is 9.47 Å². The third-order valence-electron chi connectivity index (χ3n) is 1.53. The number of rotatable bonds is 2. The van der Waals surface area contributed by atoms with Gasteiger partial charge in [-0.25, -0.2) is 0 Å². The monoisotopic (exact) mass is 218 g/mol. The molecule has 62 valence electrons. The van der Waals surface area contributed by atoms with E-state index in [2.05, 4.69) is 21.9 Å². The lowest BCUT2D eigenvalue weighted by Gasteiger charge is -2.26. The Balaban J connectivity index is 2.25. The van der Waals surface area contributed by atoms with Gasteiger partial charge in [0.15, 0.2) is 6.29 Å². The maximum absolute atomic E-state index is 5.33. The first-order valence-electron chi connectivity index (χ1n) is 3.65. The summed E-state index contributed by atoms with van der Waals surface area (Å²) in [4.78, 5) is 0.296. The molecule has 0 aromatic rings. The minimum absolute atomic E-state index is 0.153. The van der Waals surface area contributed by atoms with Gasteiger partial charge in [-0.1, -0.05) is 21.9 Å². The van der Waals surface area contributed by atoms with Crippen LogP contribution < -0.4 is 0 Å². The summed E-state index contributed by atoms with van der Waals surface area (Å²) in [6.45, 7) is 1.10. The van der Waals surface area contributed by atoms with Crippen molar-refractivity contribution in [2.24, 2.45) is 0 Å². The van der Waals surface area contributed by atoms with E-state index >= 15 is 0 Å². The van der Waals surface area contributed by atoms with Crippen molar-refractivity contribution in [3.63, 3.8) is 0 Å². The second kappa shape index (κ2) is 4.76. The summed E-state index contributed by atoms with van der Waals surface area (Å²) in [5, 5.41) is 0. The number of hydrogen-bond acceptors (Lipinski definition) is 2. The molecule has 0 spiro atoms. The molecule has 0 unspecified atom stereocenters. The van der Waals surface area contributed by atoms with E-state index in [1.54, 1.807) is 0 Å². The highest BCUT2D eigenvalue weighted by molar-refractivity contribution is 9.09. The molecule has 1 rings (SSSR count). The zero-order valence-corrected chi connectivity index (χ0v) is 7.84. The SMILES string of the molecule is C#CCO[C@@H]1OCCC[C@H]1Br. The zero-order valence-electron chi connectivity index (χ0n) is 6.25. The minimum Gasteiger partial charge on any atom is -0.351 e. The molecule has 0 saturated carbocycles. The molecule has 0 radical (unpaired) electrons. The summed E-state index contributed by atoms with van der Waals surface area (Å²) < 4.78 is 10.6. The first-order chi connectivity index (χ1) is 5.34. The molecule has 1 heterocycles. The van der Waals surface area contributed by atoms with Gasteiger partial charge in [0.25, 0.3) is 0 Å². The molecule has 1 aliphatic heterocycles. The number of ether oxygens (including phenoxy) is 2. The van der Waals surface area contributed by atoms with E-state index in [1.807, 2.05) is 0 Å². The number of terminal acetylenes is 1. The third-order valence-corrected chi connectivity index (χ3v) is 2.42. The van der Waals surface area contributed by atoms with Crippen molar-refractivity contribution in [3.8, 4) is 12.3 Å². The van der Waals surface area contributed by atoms with Crippen LogP contribution in [-0.2, 0) is 9.47 Å². The molecule has 2 atom stereocenters. The molecule has 0 aliphatic carbocycles. The molecule has 1 saturated heterocycles. The van der Waals surface area contributed by atoms with Crippen LogP contribution >= 0.6 is 15.9 Å². The van der Waals surface area contributed by atoms with E-state index in [0.717, 1.165) is 19.4 Å². The Bertz CT molecular complexity index is 153. The smallest absolute Gasteiger partial charge is 0.171 e. The summed E-state index contributed by atoms with van der Waals surface area (Å²) >= 11 is 3.47. The van der Waals surface area contributed by atoms with Crippen molar-refractivity contribution in [2.75, 3.05) is 13.2 Å². The number of alkyl halides is 1. The Morgan fingerprint density at radius 1 is 1.73 bits per heavy atom. The van der Waals surface area contributed by atoms with Crippen LogP contribution in [0.4, 0.5) is 0 Å². The number of halogens is 1. The first kappa shape index (κ1) is 9.05. The van der Waals surface area contributed by atoms with Crippen LogP contribution in [0.1, 0.15) is 12.8 Å². The van der Waals surface area contributed by atoms with Crippen LogP contribution in [0.15, 0.2) is 0 Å². The van der Waals surface area contributed by atoms with Gasteiger partial charge in [-0.05, 0) is 12.8 Å². The van der Waals surface area contributed by atoms with E-state index in [0.29, 0.717) is 11.4 Å². The molecule has 0 N–H and O–H groups in total. The second-order valence-corrected chi connectivity index (χ2v) is 3.59. The Labute approximate surface area is 75.4 Å². The molecule has 0 aromatic heterocycles. The molecule has 3 heteroatoms. The van der Waals surface area contributed by atoms with Crippen molar-refractivity contribution in [2.45, 2.75) is 24.0 Å². The lowest BCUT2D eigenvalue weighted by Crippen LogP contribution is -2.32. The molecule has 0 aromatic carbocycles. The topological polar surface area (TPSA) is 18.5 Å². The molecular weight excluding hydrogens is 208 g/mol. The van der Waals surface area contributed by atoms with E-state index in [-0.39, 0.29) is 6.29 Å². The van der Waals surface area contributed by atoms with Crippen molar-refractivity contribution in [1.82, 2.24) is 0 Å². The van der Waals surface area contributed by atoms with Crippen molar-refractivity contribution in [1.29, 1.82) is 0 Å². The quantitative estimate of drug-likeness (QED) is 0.518. The predicted molar refractivity (Wildman–Crippen MR) is 46.5 cm³/mol. The summed E-state index contributed by atoms with van der Waals surface area (Å²) in [5.74, 6) is 2.41. The van der Waals surface area contributed by atoms with Gasteiger partial charge in [-0.3, -0.25) is 0 Å². The standard InChI is InChI=1S/C8H11BrO2/c1-2-5-10-8-7(9)4-3-6-11-8/h1,7-8H,3-6H2/t7-,8-/m1/s1. The summed E-state index contributed by atoms with van der Waals surface area (Å²) in [6, 6.07) is 0. The van der Waals surface area contributed by atoms with Gasteiger partial charge in [0, 0.05) is 6.61 Å². The fraction of sp³-hybridized carbons (Fsp3) is 0.750. The van der Waals surface area contributed by atoms with Gasteiger partial charge in [0.1, 0.15) is 6.61 Å². The Kier molecular flexibility index (Phi) is 3.92. The third kappa shape index (κ3) is 2.82.